The third-order valence-corrected chi connectivity index (χ3v) is 3.30. The van der Waals surface area contributed by atoms with Gasteiger partial charge in [0.1, 0.15) is 0 Å². The third-order valence-electron chi connectivity index (χ3n) is 2.98. The number of benzene rings is 1. The molecular weight excluding hydrogens is 242 g/mol. The van der Waals surface area contributed by atoms with Gasteiger partial charge in [0.2, 0.25) is 0 Å². The summed E-state index contributed by atoms with van der Waals surface area (Å²) in [7, 11) is 0. The van der Waals surface area contributed by atoms with E-state index in [9.17, 15) is 0 Å². The first-order chi connectivity index (χ1) is 8.72. The van der Waals surface area contributed by atoms with Crippen LogP contribution in [0.25, 0.3) is 11.0 Å². The molecule has 2 N–H and O–H groups in total. The highest BCUT2D eigenvalue weighted by molar-refractivity contribution is 7.71. The molecule has 1 unspecified atom stereocenters. The molecule has 0 aliphatic rings. The average molecular weight is 261 g/mol. The molecule has 3 nitrogen and oxygen atoms in total. The number of hydrogen-bond acceptors (Lipinski definition) is 2. The summed E-state index contributed by atoms with van der Waals surface area (Å²) >= 11 is 5.37. The van der Waals surface area contributed by atoms with Crippen LogP contribution in [-0.4, -0.2) is 22.1 Å². The molecule has 1 atom stereocenters. The van der Waals surface area contributed by atoms with Gasteiger partial charge in [-0.15, -0.1) is 6.58 Å². The molecule has 0 radical (unpaired) electrons. The van der Waals surface area contributed by atoms with Crippen LogP contribution in [0.4, 0.5) is 0 Å². The van der Waals surface area contributed by atoms with Crippen LogP contribution in [0.15, 0.2) is 36.9 Å². The van der Waals surface area contributed by atoms with Crippen molar-refractivity contribution >= 4 is 23.3 Å². The SMILES string of the molecule is C=CCCNC(C)Cn1c(=S)[nH]c2ccccc21. The van der Waals surface area contributed by atoms with Crippen molar-refractivity contribution in [1.29, 1.82) is 0 Å². The minimum absolute atomic E-state index is 0.385. The van der Waals surface area contributed by atoms with Crippen molar-refractivity contribution in [3.05, 3.63) is 41.7 Å². The van der Waals surface area contributed by atoms with Crippen molar-refractivity contribution in [2.75, 3.05) is 6.54 Å². The van der Waals surface area contributed by atoms with Gasteiger partial charge in [0.25, 0.3) is 0 Å². The van der Waals surface area contributed by atoms with Gasteiger partial charge in [-0.05, 0) is 44.2 Å². The lowest BCUT2D eigenvalue weighted by atomic mass is 10.3. The minimum atomic E-state index is 0.385. The van der Waals surface area contributed by atoms with Gasteiger partial charge in [-0.25, -0.2) is 0 Å². The van der Waals surface area contributed by atoms with Crippen LogP contribution >= 0.6 is 12.2 Å². The zero-order valence-electron chi connectivity index (χ0n) is 10.6. The molecule has 1 aromatic carbocycles. The second-order valence-electron chi connectivity index (χ2n) is 4.49. The van der Waals surface area contributed by atoms with Crippen molar-refractivity contribution in [1.82, 2.24) is 14.9 Å². The summed E-state index contributed by atoms with van der Waals surface area (Å²) in [4.78, 5) is 3.23. The maximum Gasteiger partial charge on any atom is 0.178 e. The molecule has 0 amide bonds. The van der Waals surface area contributed by atoms with Gasteiger partial charge in [-0.2, -0.15) is 0 Å². The van der Waals surface area contributed by atoms with E-state index in [0.717, 1.165) is 29.8 Å². The Morgan fingerprint density at radius 3 is 3.06 bits per heavy atom. The first-order valence-corrected chi connectivity index (χ1v) is 6.65. The maximum absolute atomic E-state index is 5.37. The Hall–Kier alpha value is -1.39. The summed E-state index contributed by atoms with van der Waals surface area (Å²) in [5.41, 5.74) is 2.26. The van der Waals surface area contributed by atoms with E-state index in [4.69, 9.17) is 12.2 Å². The van der Waals surface area contributed by atoms with Gasteiger partial charge < -0.3 is 14.9 Å². The zero-order chi connectivity index (χ0) is 13.0. The van der Waals surface area contributed by atoms with Gasteiger partial charge in [0.15, 0.2) is 4.77 Å². The van der Waals surface area contributed by atoms with Gasteiger partial charge in [0.05, 0.1) is 11.0 Å². The number of nitrogens with one attached hydrogen (secondary N) is 2. The molecule has 0 aliphatic carbocycles. The van der Waals surface area contributed by atoms with Crippen molar-refractivity contribution in [2.45, 2.75) is 25.9 Å². The molecule has 1 heterocycles. The van der Waals surface area contributed by atoms with Crippen molar-refractivity contribution in [2.24, 2.45) is 0 Å². The fraction of sp³-hybridized carbons (Fsp3) is 0.357. The van der Waals surface area contributed by atoms with Gasteiger partial charge in [0, 0.05) is 12.6 Å². The molecule has 0 spiro atoms. The molecule has 2 rings (SSSR count). The van der Waals surface area contributed by atoms with E-state index < -0.39 is 0 Å². The van der Waals surface area contributed by atoms with E-state index in [0.29, 0.717) is 6.04 Å². The molecule has 0 bridgehead atoms. The number of fused-ring (bicyclic) bond motifs is 1. The first-order valence-electron chi connectivity index (χ1n) is 6.24. The predicted molar refractivity (Wildman–Crippen MR) is 79.4 cm³/mol. The first kappa shape index (κ1) is 13.1. The summed E-state index contributed by atoms with van der Waals surface area (Å²) in [5, 5.41) is 3.46. The summed E-state index contributed by atoms with van der Waals surface area (Å²) in [6, 6.07) is 8.59. The molecule has 0 aliphatic heterocycles. The molecule has 18 heavy (non-hydrogen) atoms. The number of aromatic nitrogens is 2. The number of hydrogen-bond donors (Lipinski definition) is 2. The van der Waals surface area contributed by atoms with E-state index in [2.05, 4.69) is 40.5 Å². The molecule has 0 fully saturated rings. The Labute approximate surface area is 113 Å². The van der Waals surface area contributed by atoms with Crippen LogP contribution in [-0.2, 0) is 6.54 Å². The van der Waals surface area contributed by atoms with Crippen molar-refractivity contribution in [3.63, 3.8) is 0 Å². The minimum Gasteiger partial charge on any atom is -0.331 e. The molecule has 4 heteroatoms. The summed E-state index contributed by atoms with van der Waals surface area (Å²) in [6.07, 6.45) is 2.92. The largest absolute Gasteiger partial charge is 0.331 e. The highest BCUT2D eigenvalue weighted by atomic mass is 32.1. The van der Waals surface area contributed by atoms with Crippen molar-refractivity contribution < 1.29 is 0 Å². The highest BCUT2D eigenvalue weighted by Crippen LogP contribution is 2.13. The average Bonchev–Trinajstić information content (AvgIpc) is 2.67. The summed E-state index contributed by atoms with van der Waals surface area (Å²) < 4.78 is 2.93. The number of nitrogens with zero attached hydrogens (tertiary/aromatic N) is 1. The van der Waals surface area contributed by atoms with Crippen LogP contribution in [0.5, 0.6) is 0 Å². The van der Waals surface area contributed by atoms with Crippen LogP contribution in [0, 0.1) is 4.77 Å². The van der Waals surface area contributed by atoms with Crippen LogP contribution in [0.3, 0.4) is 0 Å². The highest BCUT2D eigenvalue weighted by Gasteiger charge is 2.07. The predicted octanol–water partition coefficient (Wildman–Crippen LogP) is 3.25. The second-order valence-corrected chi connectivity index (χ2v) is 4.88. The summed E-state index contributed by atoms with van der Waals surface area (Å²) in [5.74, 6) is 0. The number of para-hydroxylation sites is 2. The van der Waals surface area contributed by atoms with E-state index in [1.54, 1.807) is 0 Å². The van der Waals surface area contributed by atoms with Crippen molar-refractivity contribution in [3.8, 4) is 0 Å². The van der Waals surface area contributed by atoms with E-state index in [-0.39, 0.29) is 0 Å². The Morgan fingerprint density at radius 2 is 2.28 bits per heavy atom. The molecule has 0 saturated heterocycles. The lowest BCUT2D eigenvalue weighted by Gasteiger charge is -2.14. The van der Waals surface area contributed by atoms with Crippen LogP contribution in [0.2, 0.25) is 0 Å². The van der Waals surface area contributed by atoms with E-state index in [1.807, 2.05) is 18.2 Å². The Kier molecular flexibility index (Phi) is 4.33. The molecule has 0 saturated carbocycles. The normalized spacial score (nSPS) is 12.7. The maximum atomic E-state index is 5.37. The fourth-order valence-corrected chi connectivity index (χ4v) is 2.34. The number of imidazole rings is 1. The number of aromatic amines is 1. The van der Waals surface area contributed by atoms with Gasteiger partial charge in [-0.1, -0.05) is 18.2 Å². The molecule has 1 aromatic heterocycles. The smallest absolute Gasteiger partial charge is 0.178 e. The fourth-order valence-electron chi connectivity index (χ4n) is 2.06. The Bertz CT molecular complexity index is 582. The number of rotatable bonds is 6. The third kappa shape index (κ3) is 2.89. The topological polar surface area (TPSA) is 32.8 Å². The van der Waals surface area contributed by atoms with E-state index in [1.165, 1.54) is 5.52 Å². The summed E-state index contributed by atoms with van der Waals surface area (Å²) in [6.45, 7) is 7.73. The number of H-pyrrole nitrogens is 1. The molecule has 2 aromatic rings. The lowest BCUT2D eigenvalue weighted by molar-refractivity contribution is 0.485. The van der Waals surface area contributed by atoms with Crippen LogP contribution in [0.1, 0.15) is 13.3 Å². The Balaban J connectivity index is 2.13. The zero-order valence-corrected chi connectivity index (χ0v) is 11.5. The quantitative estimate of drug-likeness (QED) is 0.475. The molecule has 96 valence electrons. The molecular formula is C14H19N3S. The lowest BCUT2D eigenvalue weighted by Crippen LogP contribution is -2.31. The van der Waals surface area contributed by atoms with E-state index >= 15 is 0 Å². The Morgan fingerprint density at radius 1 is 1.50 bits per heavy atom. The van der Waals surface area contributed by atoms with Gasteiger partial charge >= 0.3 is 0 Å². The monoisotopic (exact) mass is 261 g/mol. The second kappa shape index (κ2) is 5.98. The van der Waals surface area contributed by atoms with Gasteiger partial charge in [-0.3, -0.25) is 0 Å². The van der Waals surface area contributed by atoms with Crippen LogP contribution < -0.4 is 5.32 Å². The standard InChI is InChI=1S/C14H19N3S/c1-3-4-9-15-11(2)10-17-13-8-6-5-7-12(13)16-14(17)18/h3,5-8,11,15H,1,4,9-10H2,2H3,(H,16,18).